The molecule has 148 valence electrons. The van der Waals surface area contributed by atoms with Crippen molar-refractivity contribution in [1.82, 2.24) is 5.32 Å². The van der Waals surface area contributed by atoms with Crippen LogP contribution in [0.15, 0.2) is 60.7 Å². The number of ether oxygens (including phenoxy) is 1. The zero-order valence-electron chi connectivity index (χ0n) is 16.8. The molecule has 28 heavy (non-hydrogen) atoms. The van der Waals surface area contributed by atoms with E-state index in [-0.39, 0.29) is 5.91 Å². The molecule has 1 amide bonds. The first kappa shape index (κ1) is 20.2. The van der Waals surface area contributed by atoms with E-state index in [4.69, 9.17) is 4.74 Å². The highest BCUT2D eigenvalue weighted by atomic mass is 16.5. The molecule has 2 unspecified atom stereocenters. The predicted molar refractivity (Wildman–Crippen MR) is 115 cm³/mol. The van der Waals surface area contributed by atoms with Crippen LogP contribution in [0.1, 0.15) is 56.1 Å². The van der Waals surface area contributed by atoms with Crippen molar-refractivity contribution in [2.24, 2.45) is 5.92 Å². The smallest absolute Gasteiger partial charge is 0.244 e. The van der Waals surface area contributed by atoms with Gasteiger partial charge in [-0.1, -0.05) is 62.2 Å². The van der Waals surface area contributed by atoms with Gasteiger partial charge in [0.15, 0.2) is 0 Å². The van der Waals surface area contributed by atoms with Gasteiger partial charge in [-0.3, -0.25) is 4.79 Å². The fraction of sp³-hybridized carbons (Fsp3) is 0.400. The third kappa shape index (κ3) is 5.98. The molecule has 2 aromatic rings. The van der Waals surface area contributed by atoms with Gasteiger partial charge in [-0.25, -0.2) is 0 Å². The third-order valence-corrected chi connectivity index (χ3v) is 5.50. The van der Waals surface area contributed by atoms with E-state index in [0.717, 1.165) is 37.3 Å². The molecule has 3 nitrogen and oxygen atoms in total. The molecule has 1 aliphatic rings. The van der Waals surface area contributed by atoms with Crippen LogP contribution < -0.4 is 10.1 Å². The highest BCUT2D eigenvalue weighted by molar-refractivity contribution is 5.91. The van der Waals surface area contributed by atoms with Gasteiger partial charge in [-0.15, -0.1) is 0 Å². The highest BCUT2D eigenvalue weighted by Crippen LogP contribution is 2.39. The van der Waals surface area contributed by atoms with E-state index in [9.17, 15) is 4.79 Å². The second-order valence-electron chi connectivity index (χ2n) is 7.56. The minimum absolute atomic E-state index is 0.0259. The van der Waals surface area contributed by atoms with Crippen LogP contribution in [-0.4, -0.2) is 19.1 Å². The van der Waals surface area contributed by atoms with Gasteiger partial charge in [0, 0.05) is 12.6 Å². The Bertz CT molecular complexity index is 752. The van der Waals surface area contributed by atoms with Gasteiger partial charge in [-0.2, -0.15) is 0 Å². The molecule has 3 rings (SSSR count). The van der Waals surface area contributed by atoms with Crippen LogP contribution in [0.25, 0.3) is 6.08 Å². The molecule has 1 saturated carbocycles. The van der Waals surface area contributed by atoms with Crippen LogP contribution >= 0.6 is 0 Å². The summed E-state index contributed by atoms with van der Waals surface area (Å²) in [7, 11) is 0. The van der Waals surface area contributed by atoms with E-state index in [1.54, 1.807) is 6.08 Å². The number of amides is 1. The maximum Gasteiger partial charge on any atom is 0.244 e. The van der Waals surface area contributed by atoms with Crippen molar-refractivity contribution in [3.05, 3.63) is 71.8 Å². The van der Waals surface area contributed by atoms with Crippen LogP contribution in [0.4, 0.5) is 0 Å². The van der Waals surface area contributed by atoms with Crippen LogP contribution in [-0.2, 0) is 4.79 Å². The van der Waals surface area contributed by atoms with Crippen LogP contribution in [0.2, 0.25) is 0 Å². The van der Waals surface area contributed by atoms with Gasteiger partial charge >= 0.3 is 0 Å². The Labute approximate surface area is 168 Å². The molecule has 0 saturated heterocycles. The van der Waals surface area contributed by atoms with Crippen molar-refractivity contribution in [1.29, 1.82) is 0 Å². The van der Waals surface area contributed by atoms with Gasteiger partial charge in [0.2, 0.25) is 5.91 Å². The number of rotatable bonds is 9. The summed E-state index contributed by atoms with van der Waals surface area (Å²) in [6, 6.07) is 18.6. The van der Waals surface area contributed by atoms with Crippen LogP contribution in [0.5, 0.6) is 5.75 Å². The number of hydrogen-bond donors (Lipinski definition) is 1. The van der Waals surface area contributed by atoms with Gasteiger partial charge in [0.05, 0.1) is 6.61 Å². The third-order valence-electron chi connectivity index (χ3n) is 5.50. The summed E-state index contributed by atoms with van der Waals surface area (Å²) in [4.78, 5) is 12.2. The number of carbonyl (C=O) groups excluding carboxylic acids is 1. The summed E-state index contributed by atoms with van der Waals surface area (Å²) in [5.41, 5.74) is 2.40. The SMILES string of the molecule is CCCCOc1ccc(C=CC(=O)NCC2CCCC2c2ccccc2)cc1. The normalized spacial score (nSPS) is 19.0. The lowest BCUT2D eigenvalue weighted by Gasteiger charge is -2.20. The Balaban J connectivity index is 1.46. The quantitative estimate of drug-likeness (QED) is 0.458. The number of nitrogens with one attached hydrogen (secondary N) is 1. The number of benzene rings is 2. The standard InChI is InChI=1S/C25H31NO2/c1-2-3-18-28-23-15-12-20(13-16-23)14-17-25(27)26-19-22-10-7-11-24(22)21-8-5-4-6-9-21/h4-6,8-9,12-17,22,24H,2-3,7,10-11,18-19H2,1H3,(H,26,27). The van der Waals surface area contributed by atoms with E-state index >= 15 is 0 Å². The maximum atomic E-state index is 12.2. The second kappa shape index (κ2) is 10.7. The monoisotopic (exact) mass is 377 g/mol. The zero-order valence-corrected chi connectivity index (χ0v) is 16.8. The molecule has 1 aliphatic carbocycles. The fourth-order valence-electron chi connectivity index (χ4n) is 3.89. The maximum absolute atomic E-state index is 12.2. The first-order valence-corrected chi connectivity index (χ1v) is 10.5. The van der Waals surface area contributed by atoms with E-state index in [0.29, 0.717) is 11.8 Å². The van der Waals surface area contributed by atoms with Crippen LogP contribution in [0, 0.1) is 5.92 Å². The lowest BCUT2D eigenvalue weighted by Crippen LogP contribution is -2.28. The number of carbonyl (C=O) groups is 1. The molecule has 2 atom stereocenters. The summed E-state index contributed by atoms with van der Waals surface area (Å²) < 4.78 is 5.67. The zero-order chi connectivity index (χ0) is 19.6. The molecule has 2 aromatic carbocycles. The largest absolute Gasteiger partial charge is 0.494 e. The molecule has 0 bridgehead atoms. The van der Waals surface area contributed by atoms with Gasteiger partial charge in [-0.05, 0) is 60.4 Å². The van der Waals surface area contributed by atoms with Crippen molar-refractivity contribution in [2.75, 3.05) is 13.2 Å². The van der Waals surface area contributed by atoms with E-state index in [2.05, 4.69) is 42.6 Å². The number of hydrogen-bond acceptors (Lipinski definition) is 2. The minimum atomic E-state index is -0.0259. The Kier molecular flexibility index (Phi) is 7.71. The summed E-state index contributed by atoms with van der Waals surface area (Å²) in [6.45, 7) is 3.64. The Morgan fingerprint density at radius 1 is 1.11 bits per heavy atom. The Morgan fingerprint density at radius 3 is 2.64 bits per heavy atom. The summed E-state index contributed by atoms with van der Waals surface area (Å²) in [6.07, 6.45) is 9.31. The first-order chi connectivity index (χ1) is 13.8. The Morgan fingerprint density at radius 2 is 1.89 bits per heavy atom. The Hall–Kier alpha value is -2.55. The van der Waals surface area contributed by atoms with Crippen molar-refractivity contribution in [3.63, 3.8) is 0 Å². The molecule has 0 heterocycles. The lowest BCUT2D eigenvalue weighted by molar-refractivity contribution is -0.116. The van der Waals surface area contributed by atoms with E-state index < -0.39 is 0 Å². The molecule has 0 aliphatic heterocycles. The van der Waals surface area contributed by atoms with Gasteiger partial charge in [0.1, 0.15) is 5.75 Å². The summed E-state index contributed by atoms with van der Waals surface area (Å²) in [5.74, 6) is 1.94. The molecular weight excluding hydrogens is 346 g/mol. The van der Waals surface area contributed by atoms with E-state index in [1.807, 2.05) is 30.3 Å². The van der Waals surface area contributed by atoms with Crippen molar-refractivity contribution in [2.45, 2.75) is 44.9 Å². The van der Waals surface area contributed by atoms with Gasteiger partial charge < -0.3 is 10.1 Å². The van der Waals surface area contributed by atoms with Crippen molar-refractivity contribution in [3.8, 4) is 5.75 Å². The molecule has 3 heteroatoms. The molecular formula is C25H31NO2. The lowest BCUT2D eigenvalue weighted by atomic mass is 9.89. The minimum Gasteiger partial charge on any atom is -0.494 e. The molecule has 1 N–H and O–H groups in total. The van der Waals surface area contributed by atoms with Crippen LogP contribution in [0.3, 0.4) is 0 Å². The molecule has 0 radical (unpaired) electrons. The van der Waals surface area contributed by atoms with Crippen molar-refractivity contribution >= 4 is 12.0 Å². The van der Waals surface area contributed by atoms with E-state index in [1.165, 1.54) is 24.8 Å². The fourth-order valence-corrected chi connectivity index (χ4v) is 3.89. The molecule has 0 aromatic heterocycles. The summed E-state index contributed by atoms with van der Waals surface area (Å²) >= 11 is 0. The number of unbranched alkanes of at least 4 members (excludes halogenated alkanes) is 1. The van der Waals surface area contributed by atoms with Gasteiger partial charge in [0.25, 0.3) is 0 Å². The molecule has 0 spiro atoms. The highest BCUT2D eigenvalue weighted by Gasteiger charge is 2.28. The second-order valence-corrected chi connectivity index (χ2v) is 7.56. The average molecular weight is 378 g/mol. The first-order valence-electron chi connectivity index (χ1n) is 10.5. The summed E-state index contributed by atoms with van der Waals surface area (Å²) in [5, 5.41) is 3.09. The topological polar surface area (TPSA) is 38.3 Å². The predicted octanol–water partition coefficient (Wildman–Crippen LogP) is 5.58. The average Bonchev–Trinajstić information content (AvgIpc) is 3.21. The molecule has 1 fully saturated rings. The van der Waals surface area contributed by atoms with Crippen molar-refractivity contribution < 1.29 is 9.53 Å².